The molecule has 98 valence electrons. The van der Waals surface area contributed by atoms with Crippen molar-refractivity contribution in [1.82, 2.24) is 0 Å². The largest absolute Gasteiger partial charge is 0.281 e. The van der Waals surface area contributed by atoms with Crippen molar-refractivity contribution >= 4 is 16.9 Å². The zero-order valence-electron chi connectivity index (χ0n) is 11.8. The molecule has 0 bridgehead atoms. The topological polar surface area (TPSA) is 17.1 Å². The summed E-state index contributed by atoms with van der Waals surface area (Å²) in [6.07, 6.45) is 0. The summed E-state index contributed by atoms with van der Waals surface area (Å²) in [5, 5.41) is 0.103. The summed E-state index contributed by atoms with van der Waals surface area (Å²) in [4.78, 5) is 13.2. The second-order valence-electron chi connectivity index (χ2n) is 4.93. The van der Waals surface area contributed by atoms with E-state index in [0.717, 1.165) is 16.0 Å². The Hall–Kier alpha value is -1.54. The fourth-order valence-corrected chi connectivity index (χ4v) is 2.64. The van der Waals surface area contributed by atoms with Crippen LogP contribution in [0.2, 0.25) is 0 Å². The van der Waals surface area contributed by atoms with Crippen molar-refractivity contribution in [1.29, 1.82) is 0 Å². The highest BCUT2D eigenvalue weighted by molar-refractivity contribution is 8.14. The lowest BCUT2D eigenvalue weighted by molar-refractivity contribution is 0.108. The smallest absolute Gasteiger partial charge is 0.224 e. The molecule has 0 atom stereocenters. The highest BCUT2D eigenvalue weighted by Crippen LogP contribution is 2.25. The van der Waals surface area contributed by atoms with Crippen LogP contribution in [-0.2, 0) is 0 Å². The quantitative estimate of drug-likeness (QED) is 0.725. The van der Waals surface area contributed by atoms with Gasteiger partial charge in [0.05, 0.1) is 0 Å². The Morgan fingerprint density at radius 1 is 0.789 bits per heavy atom. The normalized spacial score (nSPS) is 10.5. The second kappa shape index (κ2) is 5.62. The molecule has 19 heavy (non-hydrogen) atoms. The van der Waals surface area contributed by atoms with Gasteiger partial charge >= 0.3 is 0 Å². The van der Waals surface area contributed by atoms with E-state index in [-0.39, 0.29) is 5.12 Å². The van der Waals surface area contributed by atoms with Gasteiger partial charge in [0.15, 0.2) is 0 Å². The third kappa shape index (κ3) is 3.27. The van der Waals surface area contributed by atoms with Crippen molar-refractivity contribution in [2.75, 3.05) is 0 Å². The number of rotatable bonds is 2. The number of hydrogen-bond donors (Lipinski definition) is 0. The summed E-state index contributed by atoms with van der Waals surface area (Å²) >= 11 is 1.30. The van der Waals surface area contributed by atoms with Crippen LogP contribution in [0.3, 0.4) is 0 Å². The highest BCUT2D eigenvalue weighted by Gasteiger charge is 2.09. The zero-order valence-corrected chi connectivity index (χ0v) is 12.6. The molecule has 0 unspecified atom stereocenters. The van der Waals surface area contributed by atoms with Crippen molar-refractivity contribution < 1.29 is 4.79 Å². The Bertz CT molecular complexity index is 629. The zero-order chi connectivity index (χ0) is 14.0. The van der Waals surface area contributed by atoms with Crippen molar-refractivity contribution in [3.63, 3.8) is 0 Å². The van der Waals surface area contributed by atoms with E-state index in [2.05, 4.69) is 32.9 Å². The first-order valence-corrected chi connectivity index (χ1v) is 7.15. The molecule has 2 heteroatoms. The maximum absolute atomic E-state index is 12.2. The van der Waals surface area contributed by atoms with Crippen molar-refractivity contribution in [3.05, 3.63) is 64.2 Å². The van der Waals surface area contributed by atoms with Crippen molar-refractivity contribution in [3.8, 4) is 0 Å². The van der Waals surface area contributed by atoms with Gasteiger partial charge in [0.1, 0.15) is 0 Å². The molecule has 0 aliphatic carbocycles. The summed E-state index contributed by atoms with van der Waals surface area (Å²) in [5.74, 6) is 0. The second-order valence-corrected chi connectivity index (χ2v) is 5.98. The summed E-state index contributed by atoms with van der Waals surface area (Å²) in [7, 11) is 0. The van der Waals surface area contributed by atoms with Crippen LogP contribution in [0.25, 0.3) is 0 Å². The van der Waals surface area contributed by atoms with Gasteiger partial charge in [-0.25, -0.2) is 0 Å². The van der Waals surface area contributed by atoms with E-state index in [1.807, 2.05) is 31.2 Å². The van der Waals surface area contributed by atoms with Crippen LogP contribution in [0.1, 0.15) is 32.6 Å². The predicted octanol–water partition coefficient (Wildman–Crippen LogP) is 4.85. The Morgan fingerprint density at radius 2 is 1.37 bits per heavy atom. The van der Waals surface area contributed by atoms with Gasteiger partial charge in [-0.2, -0.15) is 0 Å². The number of aryl methyl sites for hydroxylation is 4. The van der Waals surface area contributed by atoms with Crippen LogP contribution in [0.5, 0.6) is 0 Å². The van der Waals surface area contributed by atoms with Gasteiger partial charge in [-0.3, -0.25) is 4.79 Å². The summed E-state index contributed by atoms with van der Waals surface area (Å²) < 4.78 is 0. The summed E-state index contributed by atoms with van der Waals surface area (Å²) in [6.45, 7) is 8.24. The fourth-order valence-electron chi connectivity index (χ4n) is 1.81. The minimum absolute atomic E-state index is 0.103. The molecule has 0 aromatic heterocycles. The Morgan fingerprint density at radius 3 is 1.95 bits per heavy atom. The SMILES string of the molecule is Cc1ccc(SC(=O)c2ccc(C)c(C)c2)cc1C. The van der Waals surface area contributed by atoms with E-state index in [9.17, 15) is 4.79 Å². The number of benzene rings is 2. The van der Waals surface area contributed by atoms with Gasteiger partial charge < -0.3 is 0 Å². The van der Waals surface area contributed by atoms with Crippen molar-refractivity contribution in [2.24, 2.45) is 0 Å². The molecule has 2 aromatic carbocycles. The number of hydrogen-bond acceptors (Lipinski definition) is 2. The molecule has 0 spiro atoms. The van der Waals surface area contributed by atoms with E-state index in [1.54, 1.807) is 0 Å². The van der Waals surface area contributed by atoms with Crippen LogP contribution >= 0.6 is 11.8 Å². The van der Waals surface area contributed by atoms with Crippen LogP contribution in [0, 0.1) is 27.7 Å². The van der Waals surface area contributed by atoms with Crippen LogP contribution in [0.4, 0.5) is 0 Å². The maximum Gasteiger partial charge on any atom is 0.224 e. The molecule has 0 aliphatic rings. The first-order valence-electron chi connectivity index (χ1n) is 6.34. The number of carbonyl (C=O) groups is 1. The first-order chi connectivity index (χ1) is 8.97. The molecule has 2 aromatic rings. The van der Waals surface area contributed by atoms with Crippen molar-refractivity contribution in [2.45, 2.75) is 32.6 Å². The number of carbonyl (C=O) groups excluding carboxylic acids is 1. The summed E-state index contributed by atoms with van der Waals surface area (Å²) in [5.41, 5.74) is 5.62. The van der Waals surface area contributed by atoms with E-state index in [0.29, 0.717) is 0 Å². The third-order valence-electron chi connectivity index (χ3n) is 3.43. The standard InChI is InChI=1S/C17H18OS/c1-11-5-7-15(9-13(11)3)17(18)19-16-8-6-12(2)14(4)10-16/h5-10H,1-4H3. The molecular weight excluding hydrogens is 252 g/mol. The lowest BCUT2D eigenvalue weighted by Crippen LogP contribution is -1.95. The monoisotopic (exact) mass is 270 g/mol. The fraction of sp³-hybridized carbons (Fsp3) is 0.235. The van der Waals surface area contributed by atoms with Gasteiger partial charge in [0.25, 0.3) is 0 Å². The minimum Gasteiger partial charge on any atom is -0.281 e. The first kappa shape index (κ1) is 13.9. The lowest BCUT2D eigenvalue weighted by Gasteiger charge is -2.06. The lowest BCUT2D eigenvalue weighted by atomic mass is 10.1. The van der Waals surface area contributed by atoms with E-state index in [1.165, 1.54) is 28.5 Å². The van der Waals surface area contributed by atoms with Crippen LogP contribution in [0.15, 0.2) is 41.3 Å². The number of thioether (sulfide) groups is 1. The van der Waals surface area contributed by atoms with Gasteiger partial charge in [-0.1, -0.05) is 18.2 Å². The molecule has 0 radical (unpaired) electrons. The molecule has 2 rings (SSSR count). The van der Waals surface area contributed by atoms with Crippen LogP contribution < -0.4 is 0 Å². The Balaban J connectivity index is 2.20. The Kier molecular flexibility index (Phi) is 4.11. The summed E-state index contributed by atoms with van der Waals surface area (Å²) in [6, 6.07) is 12.0. The van der Waals surface area contributed by atoms with Gasteiger partial charge in [-0.05, 0) is 79.9 Å². The molecule has 0 fully saturated rings. The maximum atomic E-state index is 12.2. The Labute approximate surface area is 119 Å². The van der Waals surface area contributed by atoms with Gasteiger partial charge in [-0.15, -0.1) is 0 Å². The third-order valence-corrected chi connectivity index (χ3v) is 4.34. The van der Waals surface area contributed by atoms with E-state index in [4.69, 9.17) is 0 Å². The molecule has 0 N–H and O–H groups in total. The highest BCUT2D eigenvalue weighted by atomic mass is 32.2. The molecule has 1 nitrogen and oxygen atoms in total. The molecule has 0 amide bonds. The minimum atomic E-state index is 0.103. The molecule has 0 aliphatic heterocycles. The average Bonchev–Trinajstić information content (AvgIpc) is 2.37. The molecular formula is C17H18OS. The molecule has 0 heterocycles. The average molecular weight is 270 g/mol. The predicted molar refractivity (Wildman–Crippen MR) is 82.0 cm³/mol. The molecule has 0 saturated carbocycles. The molecule has 0 saturated heterocycles. The van der Waals surface area contributed by atoms with E-state index < -0.39 is 0 Å². The van der Waals surface area contributed by atoms with Gasteiger partial charge in [0, 0.05) is 10.5 Å². The van der Waals surface area contributed by atoms with Gasteiger partial charge in [0.2, 0.25) is 5.12 Å². The van der Waals surface area contributed by atoms with E-state index >= 15 is 0 Å². The van der Waals surface area contributed by atoms with Crippen LogP contribution in [-0.4, -0.2) is 5.12 Å².